The van der Waals surface area contributed by atoms with Crippen LogP contribution in [0.3, 0.4) is 0 Å². The Kier molecular flexibility index (Phi) is 3.93. The highest BCUT2D eigenvalue weighted by atomic mass is 16.5. The maximum absolute atomic E-state index is 11.0. The molecule has 2 N–H and O–H groups in total. The lowest BCUT2D eigenvalue weighted by molar-refractivity contribution is -0.0416. The van der Waals surface area contributed by atoms with Gasteiger partial charge in [0.15, 0.2) is 0 Å². The molecule has 1 fully saturated rings. The van der Waals surface area contributed by atoms with Crippen molar-refractivity contribution in [2.24, 2.45) is 5.92 Å². The predicted octanol–water partition coefficient (Wildman–Crippen LogP) is 2.29. The van der Waals surface area contributed by atoms with E-state index < -0.39 is 5.60 Å². The van der Waals surface area contributed by atoms with E-state index in [1.807, 2.05) is 38.1 Å². The highest BCUT2D eigenvalue weighted by molar-refractivity contribution is 5.39. The second kappa shape index (κ2) is 5.29. The molecule has 0 bridgehead atoms. The van der Waals surface area contributed by atoms with E-state index >= 15 is 0 Å². The van der Waals surface area contributed by atoms with E-state index in [1.54, 1.807) is 0 Å². The third-order valence-corrected chi connectivity index (χ3v) is 3.66. The molecule has 1 aliphatic rings. The van der Waals surface area contributed by atoms with Crippen LogP contribution < -0.4 is 10.1 Å². The van der Waals surface area contributed by atoms with Crippen molar-refractivity contribution in [1.82, 2.24) is 5.32 Å². The van der Waals surface area contributed by atoms with E-state index in [2.05, 4.69) is 12.2 Å². The largest absolute Gasteiger partial charge is 0.491 e. The van der Waals surface area contributed by atoms with E-state index in [1.165, 1.54) is 0 Å². The third kappa shape index (κ3) is 2.52. The Hall–Kier alpha value is -1.06. The van der Waals surface area contributed by atoms with E-state index in [0.29, 0.717) is 0 Å². The number of hydrogen-bond donors (Lipinski definition) is 2. The number of hydrogen-bond acceptors (Lipinski definition) is 3. The molecular formula is C15H23NO2. The number of nitrogens with one attached hydrogen (secondary N) is 1. The number of benzene rings is 1. The summed E-state index contributed by atoms with van der Waals surface area (Å²) in [6.07, 6.45) is 0.846. The number of piperidine rings is 1. The van der Waals surface area contributed by atoms with Gasteiger partial charge in [-0.15, -0.1) is 0 Å². The summed E-state index contributed by atoms with van der Waals surface area (Å²) < 4.78 is 5.83. The van der Waals surface area contributed by atoms with Crippen molar-refractivity contribution in [2.45, 2.75) is 38.9 Å². The summed E-state index contributed by atoms with van der Waals surface area (Å²) >= 11 is 0. The summed E-state index contributed by atoms with van der Waals surface area (Å²) in [5, 5.41) is 14.3. The molecule has 0 amide bonds. The van der Waals surface area contributed by atoms with Crippen molar-refractivity contribution >= 4 is 0 Å². The minimum absolute atomic E-state index is 0.117. The van der Waals surface area contributed by atoms with E-state index in [9.17, 15) is 5.11 Å². The van der Waals surface area contributed by atoms with Crippen LogP contribution in [0.5, 0.6) is 5.75 Å². The summed E-state index contributed by atoms with van der Waals surface area (Å²) in [7, 11) is 0. The van der Waals surface area contributed by atoms with Gasteiger partial charge in [-0.2, -0.15) is 0 Å². The van der Waals surface area contributed by atoms with E-state index in [-0.39, 0.29) is 12.0 Å². The first-order chi connectivity index (χ1) is 8.54. The molecule has 1 heterocycles. The van der Waals surface area contributed by atoms with Gasteiger partial charge in [0.2, 0.25) is 0 Å². The minimum Gasteiger partial charge on any atom is -0.491 e. The fraction of sp³-hybridized carbons (Fsp3) is 0.600. The molecule has 1 aliphatic heterocycles. The van der Waals surface area contributed by atoms with Gasteiger partial charge >= 0.3 is 0 Å². The van der Waals surface area contributed by atoms with Gasteiger partial charge in [0.1, 0.15) is 5.75 Å². The van der Waals surface area contributed by atoms with Crippen LogP contribution in [0.25, 0.3) is 0 Å². The number of aliphatic hydroxyl groups is 1. The predicted molar refractivity (Wildman–Crippen MR) is 72.8 cm³/mol. The average Bonchev–Trinajstić information content (AvgIpc) is 2.33. The highest BCUT2D eigenvalue weighted by Crippen LogP contribution is 2.39. The van der Waals surface area contributed by atoms with Crippen LogP contribution in [0, 0.1) is 5.92 Å². The summed E-state index contributed by atoms with van der Waals surface area (Å²) in [5.41, 5.74) is 0.143. The van der Waals surface area contributed by atoms with Gasteiger partial charge in [-0.3, -0.25) is 0 Å². The minimum atomic E-state index is -0.781. The van der Waals surface area contributed by atoms with Crippen LogP contribution in [0.1, 0.15) is 32.8 Å². The summed E-state index contributed by atoms with van der Waals surface area (Å²) in [6.45, 7) is 7.78. The molecule has 2 unspecified atom stereocenters. The summed E-state index contributed by atoms with van der Waals surface area (Å²) in [6, 6.07) is 7.85. The van der Waals surface area contributed by atoms with Crippen molar-refractivity contribution in [3.8, 4) is 5.75 Å². The van der Waals surface area contributed by atoms with Gasteiger partial charge in [0.05, 0.1) is 11.7 Å². The Bertz CT molecular complexity index is 405. The van der Waals surface area contributed by atoms with Crippen molar-refractivity contribution in [2.75, 3.05) is 13.1 Å². The van der Waals surface area contributed by atoms with Gasteiger partial charge in [-0.05, 0) is 32.9 Å². The van der Waals surface area contributed by atoms with Crippen LogP contribution in [-0.4, -0.2) is 24.3 Å². The second-order valence-electron chi connectivity index (χ2n) is 5.44. The Morgan fingerprint density at radius 1 is 1.39 bits per heavy atom. The van der Waals surface area contributed by atoms with Crippen LogP contribution in [0.15, 0.2) is 24.3 Å². The Morgan fingerprint density at radius 3 is 2.78 bits per heavy atom. The fourth-order valence-corrected chi connectivity index (χ4v) is 2.59. The first kappa shape index (κ1) is 13.4. The smallest absolute Gasteiger partial charge is 0.125 e. The molecule has 2 atom stereocenters. The molecular weight excluding hydrogens is 226 g/mol. The number of rotatable bonds is 3. The molecule has 1 saturated heterocycles. The zero-order valence-electron chi connectivity index (χ0n) is 11.4. The molecule has 0 aromatic heterocycles. The monoisotopic (exact) mass is 249 g/mol. The van der Waals surface area contributed by atoms with Crippen LogP contribution in [0.4, 0.5) is 0 Å². The fourth-order valence-electron chi connectivity index (χ4n) is 2.59. The Morgan fingerprint density at radius 2 is 2.11 bits per heavy atom. The van der Waals surface area contributed by atoms with Gasteiger partial charge < -0.3 is 15.2 Å². The van der Waals surface area contributed by atoms with Crippen LogP contribution in [0.2, 0.25) is 0 Å². The molecule has 0 spiro atoms. The van der Waals surface area contributed by atoms with Crippen LogP contribution >= 0.6 is 0 Å². The van der Waals surface area contributed by atoms with Gasteiger partial charge in [0.25, 0.3) is 0 Å². The van der Waals surface area contributed by atoms with Gasteiger partial charge in [0, 0.05) is 18.0 Å². The Balaban J connectivity index is 2.36. The third-order valence-electron chi connectivity index (χ3n) is 3.66. The molecule has 18 heavy (non-hydrogen) atoms. The average molecular weight is 249 g/mol. The normalized spacial score (nSPS) is 28.4. The standard InChI is InChI=1S/C15H23NO2/c1-11(2)18-14-7-5-4-6-13(14)15(17)8-9-16-10-12(15)3/h4-7,11-12,16-17H,8-10H2,1-3H3. The van der Waals surface area contributed by atoms with Gasteiger partial charge in [-0.25, -0.2) is 0 Å². The topological polar surface area (TPSA) is 41.5 Å². The second-order valence-corrected chi connectivity index (χ2v) is 5.44. The molecule has 0 saturated carbocycles. The van der Waals surface area contributed by atoms with Gasteiger partial charge in [-0.1, -0.05) is 25.1 Å². The first-order valence-electron chi connectivity index (χ1n) is 6.73. The molecule has 0 aliphatic carbocycles. The molecule has 100 valence electrons. The molecule has 1 aromatic carbocycles. The maximum Gasteiger partial charge on any atom is 0.125 e. The van der Waals surface area contributed by atoms with Crippen molar-refractivity contribution in [1.29, 1.82) is 0 Å². The van der Waals surface area contributed by atoms with Crippen LogP contribution in [-0.2, 0) is 5.60 Å². The zero-order valence-corrected chi connectivity index (χ0v) is 11.4. The zero-order chi connectivity index (χ0) is 13.2. The van der Waals surface area contributed by atoms with E-state index in [0.717, 1.165) is 30.8 Å². The number of ether oxygens (including phenoxy) is 1. The number of para-hydroxylation sites is 1. The first-order valence-corrected chi connectivity index (χ1v) is 6.73. The quantitative estimate of drug-likeness (QED) is 0.863. The molecule has 1 aromatic rings. The van der Waals surface area contributed by atoms with E-state index in [4.69, 9.17) is 4.74 Å². The Labute approximate surface area is 109 Å². The SMILES string of the molecule is CC(C)Oc1ccccc1C1(O)CCNCC1C. The maximum atomic E-state index is 11.0. The molecule has 0 radical (unpaired) electrons. The van der Waals surface area contributed by atoms with Crippen molar-refractivity contribution in [3.05, 3.63) is 29.8 Å². The van der Waals surface area contributed by atoms with Crippen molar-refractivity contribution in [3.63, 3.8) is 0 Å². The lowest BCUT2D eigenvalue weighted by Crippen LogP contribution is -2.47. The summed E-state index contributed by atoms with van der Waals surface area (Å²) in [5.74, 6) is 0.993. The van der Waals surface area contributed by atoms with Crippen molar-refractivity contribution < 1.29 is 9.84 Å². The lowest BCUT2D eigenvalue weighted by atomic mass is 9.77. The molecule has 3 heteroatoms. The molecule has 2 rings (SSSR count). The lowest BCUT2D eigenvalue weighted by Gasteiger charge is -2.39. The summed E-state index contributed by atoms with van der Waals surface area (Å²) in [4.78, 5) is 0. The molecule has 3 nitrogen and oxygen atoms in total. The highest BCUT2D eigenvalue weighted by Gasteiger charge is 2.39.